The second-order valence-electron chi connectivity index (χ2n) is 5.64. The highest BCUT2D eigenvalue weighted by Gasteiger charge is 2.21. The van der Waals surface area contributed by atoms with Gasteiger partial charge in [-0.25, -0.2) is 4.98 Å². The van der Waals surface area contributed by atoms with E-state index in [-0.39, 0.29) is 5.91 Å². The molecule has 120 valence electrons. The van der Waals surface area contributed by atoms with Crippen molar-refractivity contribution in [3.63, 3.8) is 0 Å². The summed E-state index contributed by atoms with van der Waals surface area (Å²) in [5, 5.41) is 0. The van der Waals surface area contributed by atoms with Gasteiger partial charge >= 0.3 is 0 Å². The third-order valence-corrected chi connectivity index (χ3v) is 4.09. The molecule has 0 radical (unpaired) electrons. The summed E-state index contributed by atoms with van der Waals surface area (Å²) in [7, 11) is 1.62. The Balaban J connectivity index is 1.53. The maximum Gasteiger partial charge on any atom is 0.253 e. The largest absolute Gasteiger partial charge is 0.481 e. The van der Waals surface area contributed by atoms with Crippen LogP contribution in [0, 0.1) is 0 Å². The fourth-order valence-electron chi connectivity index (χ4n) is 2.76. The topological polar surface area (TPSA) is 45.7 Å². The molecule has 5 nitrogen and oxygen atoms in total. The van der Waals surface area contributed by atoms with Gasteiger partial charge in [0.1, 0.15) is 0 Å². The average Bonchev–Trinajstić information content (AvgIpc) is 2.63. The molecule has 23 heavy (non-hydrogen) atoms. The third kappa shape index (κ3) is 3.87. The fourth-order valence-corrected chi connectivity index (χ4v) is 2.76. The monoisotopic (exact) mass is 311 g/mol. The molecule has 1 aliphatic rings. The summed E-state index contributed by atoms with van der Waals surface area (Å²) in [6.45, 7) is 4.13. The number of ether oxygens (including phenoxy) is 1. The molecule has 0 unspecified atom stereocenters. The lowest BCUT2D eigenvalue weighted by Crippen LogP contribution is -2.48. The molecule has 0 spiro atoms. The first-order valence-electron chi connectivity index (χ1n) is 7.82. The Kier molecular flexibility index (Phi) is 4.88. The molecule has 1 aliphatic heterocycles. The van der Waals surface area contributed by atoms with E-state index >= 15 is 0 Å². The Morgan fingerprint density at radius 3 is 2.43 bits per heavy atom. The highest BCUT2D eigenvalue weighted by molar-refractivity contribution is 5.94. The van der Waals surface area contributed by atoms with Crippen molar-refractivity contribution in [3.05, 3.63) is 59.8 Å². The first-order chi connectivity index (χ1) is 11.3. The highest BCUT2D eigenvalue weighted by Crippen LogP contribution is 2.13. The molecule has 0 saturated carbocycles. The zero-order chi connectivity index (χ0) is 16.1. The van der Waals surface area contributed by atoms with Gasteiger partial charge in [-0.1, -0.05) is 24.3 Å². The Bertz CT molecular complexity index is 635. The van der Waals surface area contributed by atoms with E-state index in [1.165, 1.54) is 0 Å². The van der Waals surface area contributed by atoms with Gasteiger partial charge in [-0.15, -0.1) is 0 Å². The van der Waals surface area contributed by atoms with Gasteiger partial charge in [0.25, 0.3) is 5.91 Å². The number of rotatable bonds is 4. The van der Waals surface area contributed by atoms with E-state index < -0.39 is 0 Å². The molecule has 0 N–H and O–H groups in total. The molecule has 0 aliphatic carbocycles. The highest BCUT2D eigenvalue weighted by atomic mass is 16.5. The number of methoxy groups -OCH3 is 1. The molecule has 1 aromatic heterocycles. The molecule has 2 aromatic rings. The first-order valence-corrected chi connectivity index (χ1v) is 7.82. The van der Waals surface area contributed by atoms with Crippen molar-refractivity contribution in [3.8, 4) is 5.88 Å². The van der Waals surface area contributed by atoms with E-state index in [1.54, 1.807) is 7.11 Å². The van der Waals surface area contributed by atoms with Crippen molar-refractivity contribution in [2.45, 2.75) is 6.54 Å². The average molecular weight is 311 g/mol. The quantitative estimate of drug-likeness (QED) is 0.867. The molecule has 1 aromatic carbocycles. The van der Waals surface area contributed by atoms with Crippen LogP contribution in [0.15, 0.2) is 48.7 Å². The Labute approximate surface area is 136 Å². The van der Waals surface area contributed by atoms with Crippen molar-refractivity contribution in [2.75, 3.05) is 33.3 Å². The zero-order valence-corrected chi connectivity index (χ0v) is 13.3. The van der Waals surface area contributed by atoms with Crippen molar-refractivity contribution in [1.82, 2.24) is 14.8 Å². The summed E-state index contributed by atoms with van der Waals surface area (Å²) in [4.78, 5) is 20.9. The summed E-state index contributed by atoms with van der Waals surface area (Å²) in [5.41, 5.74) is 1.92. The van der Waals surface area contributed by atoms with Crippen molar-refractivity contribution >= 4 is 5.91 Å². The van der Waals surface area contributed by atoms with Crippen molar-refractivity contribution in [1.29, 1.82) is 0 Å². The number of amides is 1. The fraction of sp³-hybridized carbons (Fsp3) is 0.333. The van der Waals surface area contributed by atoms with Crippen LogP contribution >= 0.6 is 0 Å². The molecule has 1 fully saturated rings. The molecule has 5 heteroatoms. The molecule has 3 rings (SSSR count). The van der Waals surface area contributed by atoms with Gasteiger partial charge in [0, 0.05) is 50.6 Å². The van der Waals surface area contributed by atoms with Gasteiger partial charge in [0.2, 0.25) is 5.88 Å². The number of carbonyl (C=O) groups excluding carboxylic acids is 1. The van der Waals surface area contributed by atoms with Gasteiger partial charge in [-0.2, -0.15) is 0 Å². The molecule has 0 bridgehead atoms. The van der Waals surface area contributed by atoms with Crippen LogP contribution in [0.1, 0.15) is 15.9 Å². The number of piperazine rings is 1. The Morgan fingerprint density at radius 1 is 1.09 bits per heavy atom. The van der Waals surface area contributed by atoms with Gasteiger partial charge in [-0.3, -0.25) is 9.69 Å². The van der Waals surface area contributed by atoms with E-state index in [0.29, 0.717) is 5.88 Å². The van der Waals surface area contributed by atoms with Crippen LogP contribution in [0.25, 0.3) is 0 Å². The van der Waals surface area contributed by atoms with Crippen LogP contribution in [0.2, 0.25) is 0 Å². The number of hydrogen-bond acceptors (Lipinski definition) is 4. The molecular formula is C18H21N3O2. The zero-order valence-electron chi connectivity index (χ0n) is 13.3. The number of hydrogen-bond donors (Lipinski definition) is 0. The van der Waals surface area contributed by atoms with Gasteiger partial charge in [-0.05, 0) is 17.7 Å². The molecule has 0 atom stereocenters. The lowest BCUT2D eigenvalue weighted by Gasteiger charge is -2.34. The van der Waals surface area contributed by atoms with Crippen LogP contribution in [0.5, 0.6) is 5.88 Å². The minimum atomic E-state index is 0.122. The number of aromatic nitrogens is 1. The molecule has 1 amide bonds. The summed E-state index contributed by atoms with van der Waals surface area (Å²) in [6.07, 6.45) is 1.85. The van der Waals surface area contributed by atoms with Crippen molar-refractivity contribution in [2.24, 2.45) is 0 Å². The second kappa shape index (κ2) is 7.24. The summed E-state index contributed by atoms with van der Waals surface area (Å²) >= 11 is 0. The van der Waals surface area contributed by atoms with Crippen LogP contribution < -0.4 is 4.74 Å². The second-order valence-corrected chi connectivity index (χ2v) is 5.64. The van der Waals surface area contributed by atoms with Gasteiger partial charge in [0.15, 0.2) is 0 Å². The number of benzene rings is 1. The summed E-state index contributed by atoms with van der Waals surface area (Å²) in [5.74, 6) is 0.753. The maximum atomic E-state index is 12.4. The number of nitrogens with zero attached hydrogens (tertiary/aromatic N) is 3. The van der Waals surface area contributed by atoms with E-state index in [9.17, 15) is 4.79 Å². The lowest BCUT2D eigenvalue weighted by atomic mass is 10.1. The van der Waals surface area contributed by atoms with E-state index in [2.05, 4.69) is 9.88 Å². The molecule has 2 heterocycles. The number of pyridine rings is 1. The van der Waals surface area contributed by atoms with E-state index in [0.717, 1.165) is 43.9 Å². The van der Waals surface area contributed by atoms with E-state index in [4.69, 9.17) is 4.74 Å². The minimum Gasteiger partial charge on any atom is -0.481 e. The summed E-state index contributed by atoms with van der Waals surface area (Å²) < 4.78 is 5.07. The minimum absolute atomic E-state index is 0.122. The Hall–Kier alpha value is -2.40. The Morgan fingerprint density at radius 2 is 1.83 bits per heavy atom. The van der Waals surface area contributed by atoms with Gasteiger partial charge < -0.3 is 9.64 Å². The van der Waals surface area contributed by atoms with E-state index in [1.807, 2.05) is 53.6 Å². The SMILES string of the molecule is COc1ccc(CN2CCN(C(=O)c3ccccc3)CC2)cn1. The van der Waals surface area contributed by atoms with Crippen LogP contribution in [0.4, 0.5) is 0 Å². The van der Waals surface area contributed by atoms with Crippen LogP contribution in [0.3, 0.4) is 0 Å². The lowest BCUT2D eigenvalue weighted by molar-refractivity contribution is 0.0628. The predicted octanol–water partition coefficient (Wildman–Crippen LogP) is 2.05. The maximum absolute atomic E-state index is 12.4. The molecular weight excluding hydrogens is 290 g/mol. The normalized spacial score (nSPS) is 15.4. The van der Waals surface area contributed by atoms with Gasteiger partial charge in [0.05, 0.1) is 7.11 Å². The molecule has 1 saturated heterocycles. The summed E-state index contributed by atoms with van der Waals surface area (Å²) in [6, 6.07) is 13.4. The standard InChI is InChI=1S/C18H21N3O2/c1-23-17-8-7-15(13-19-17)14-20-9-11-21(12-10-20)18(22)16-5-3-2-4-6-16/h2-8,13H,9-12,14H2,1H3. The third-order valence-electron chi connectivity index (χ3n) is 4.09. The predicted molar refractivity (Wildman–Crippen MR) is 88.4 cm³/mol. The first kappa shape index (κ1) is 15.5. The van der Waals surface area contributed by atoms with Crippen molar-refractivity contribution < 1.29 is 9.53 Å². The smallest absolute Gasteiger partial charge is 0.253 e. The van der Waals surface area contributed by atoms with Crippen LogP contribution in [-0.2, 0) is 6.54 Å². The van der Waals surface area contributed by atoms with Crippen LogP contribution in [-0.4, -0.2) is 54.0 Å². The number of carbonyl (C=O) groups is 1.